The van der Waals surface area contributed by atoms with Gasteiger partial charge in [-0.3, -0.25) is 4.79 Å². The van der Waals surface area contributed by atoms with E-state index in [9.17, 15) is 13.2 Å². The van der Waals surface area contributed by atoms with Crippen LogP contribution in [0.5, 0.6) is 0 Å². The number of nitrogen functional groups attached to an aromatic ring is 1. The van der Waals surface area contributed by atoms with Gasteiger partial charge in [-0.1, -0.05) is 30.3 Å². The first-order chi connectivity index (χ1) is 10.8. The molecule has 8 heteroatoms. The minimum absolute atomic E-state index is 0.0961. The van der Waals surface area contributed by atoms with Crippen LogP contribution in [0.2, 0.25) is 0 Å². The molecular formula is C15H19N3O4S. The average Bonchev–Trinajstić information content (AvgIpc) is 2.46. The van der Waals surface area contributed by atoms with Crippen molar-refractivity contribution in [3.8, 4) is 0 Å². The van der Waals surface area contributed by atoms with Crippen LogP contribution in [0.15, 0.2) is 42.6 Å². The van der Waals surface area contributed by atoms with Gasteiger partial charge >= 0.3 is 5.97 Å². The molecule has 124 valence electrons. The number of aromatic nitrogens is 2. The van der Waals surface area contributed by atoms with Crippen LogP contribution < -0.4 is 5.73 Å². The van der Waals surface area contributed by atoms with Crippen LogP contribution in [-0.4, -0.2) is 35.2 Å². The average molecular weight is 337 g/mol. The molecule has 0 fully saturated rings. The molecule has 0 spiro atoms. The van der Waals surface area contributed by atoms with Gasteiger partial charge in [-0.2, -0.15) is 0 Å². The zero-order valence-corrected chi connectivity index (χ0v) is 13.5. The summed E-state index contributed by atoms with van der Waals surface area (Å²) in [6.45, 7) is 1.87. The molecule has 0 aliphatic heterocycles. The van der Waals surface area contributed by atoms with E-state index in [0.717, 1.165) is 5.69 Å². The van der Waals surface area contributed by atoms with Crippen molar-refractivity contribution in [1.82, 2.24) is 9.97 Å². The van der Waals surface area contributed by atoms with E-state index in [-0.39, 0.29) is 17.9 Å². The maximum Gasteiger partial charge on any atom is 0.304 e. The van der Waals surface area contributed by atoms with Crippen molar-refractivity contribution in [3.63, 3.8) is 0 Å². The van der Waals surface area contributed by atoms with Crippen molar-refractivity contribution in [2.24, 2.45) is 0 Å². The van der Waals surface area contributed by atoms with Gasteiger partial charge < -0.3 is 10.8 Å². The Morgan fingerprint density at radius 1 is 1.22 bits per heavy atom. The van der Waals surface area contributed by atoms with E-state index in [4.69, 9.17) is 10.8 Å². The van der Waals surface area contributed by atoms with E-state index in [1.54, 1.807) is 42.6 Å². The predicted octanol–water partition coefficient (Wildman–Crippen LogP) is 1.44. The third kappa shape index (κ3) is 8.52. The topological polar surface area (TPSA) is 123 Å². The number of anilines is 1. The maximum atomic E-state index is 11.4. The highest BCUT2D eigenvalue weighted by Crippen LogP contribution is 2.06. The first-order valence-electron chi connectivity index (χ1n) is 6.80. The Labute approximate surface area is 135 Å². The minimum atomic E-state index is -3.31. The van der Waals surface area contributed by atoms with Crippen molar-refractivity contribution in [2.45, 2.75) is 19.1 Å². The van der Waals surface area contributed by atoms with E-state index in [1.807, 2.05) is 6.92 Å². The third-order valence-electron chi connectivity index (χ3n) is 2.67. The Morgan fingerprint density at radius 2 is 1.87 bits per heavy atom. The second kappa shape index (κ2) is 8.84. The Morgan fingerprint density at radius 3 is 2.35 bits per heavy atom. The molecule has 3 N–H and O–H groups in total. The lowest BCUT2D eigenvalue weighted by atomic mass is 10.2. The number of nitrogens with zero attached hydrogens (tertiary/aromatic N) is 2. The third-order valence-corrected chi connectivity index (χ3v) is 4.27. The largest absolute Gasteiger partial charge is 0.481 e. The Hall–Kier alpha value is -2.48. The Kier molecular flexibility index (Phi) is 7.14. The number of carboxylic acids is 1. The van der Waals surface area contributed by atoms with Crippen molar-refractivity contribution in [1.29, 1.82) is 0 Å². The lowest BCUT2D eigenvalue weighted by Gasteiger charge is -2.02. The molecule has 0 aliphatic rings. The lowest BCUT2D eigenvalue weighted by molar-refractivity contribution is -0.136. The van der Waals surface area contributed by atoms with E-state index in [1.165, 1.54) is 0 Å². The monoisotopic (exact) mass is 337 g/mol. The highest BCUT2D eigenvalue weighted by atomic mass is 32.2. The highest BCUT2D eigenvalue weighted by Gasteiger charge is 2.13. The van der Waals surface area contributed by atoms with Crippen LogP contribution in [0.3, 0.4) is 0 Å². The lowest BCUT2D eigenvalue weighted by Crippen LogP contribution is -2.12. The molecule has 7 nitrogen and oxygen atoms in total. The van der Waals surface area contributed by atoms with Crippen LogP contribution in [0.25, 0.3) is 0 Å². The second-order valence-electron chi connectivity index (χ2n) is 4.78. The van der Waals surface area contributed by atoms with Gasteiger partial charge in [0.05, 0.1) is 17.9 Å². The molecule has 1 aromatic heterocycles. The van der Waals surface area contributed by atoms with Crippen molar-refractivity contribution in [2.75, 3.05) is 11.5 Å². The molecule has 0 saturated carbocycles. The number of sulfone groups is 1. The Bertz CT molecular complexity index is 716. The van der Waals surface area contributed by atoms with Gasteiger partial charge in [-0.25, -0.2) is 18.4 Å². The molecule has 0 atom stereocenters. The van der Waals surface area contributed by atoms with Gasteiger partial charge in [0.25, 0.3) is 0 Å². The molecule has 1 heterocycles. The zero-order valence-electron chi connectivity index (χ0n) is 12.7. The number of benzene rings is 1. The summed E-state index contributed by atoms with van der Waals surface area (Å²) >= 11 is 0. The number of aryl methyl sites for hydroxylation is 1. The van der Waals surface area contributed by atoms with Crippen molar-refractivity contribution in [3.05, 3.63) is 53.9 Å². The molecular weight excluding hydrogens is 318 g/mol. The maximum absolute atomic E-state index is 11.4. The highest BCUT2D eigenvalue weighted by molar-refractivity contribution is 7.90. The molecule has 2 aromatic rings. The summed E-state index contributed by atoms with van der Waals surface area (Å²) < 4.78 is 22.9. The number of nitrogens with two attached hydrogens (primary N) is 1. The van der Waals surface area contributed by atoms with Crippen molar-refractivity contribution < 1.29 is 18.3 Å². The van der Waals surface area contributed by atoms with Crippen LogP contribution >= 0.6 is 0 Å². The SMILES string of the molecule is Cc1ccnc(N)n1.O=C(O)CCS(=O)(=O)Cc1ccccc1. The summed E-state index contributed by atoms with van der Waals surface area (Å²) in [5.41, 5.74) is 6.82. The van der Waals surface area contributed by atoms with Gasteiger partial charge in [0, 0.05) is 11.9 Å². The molecule has 0 radical (unpaired) electrons. The summed E-state index contributed by atoms with van der Waals surface area (Å²) in [7, 11) is -3.31. The van der Waals surface area contributed by atoms with Gasteiger partial charge in [0.2, 0.25) is 5.95 Å². The molecule has 0 bridgehead atoms. The summed E-state index contributed by atoms with van der Waals surface area (Å²) in [6.07, 6.45) is 1.30. The molecule has 0 saturated heterocycles. The standard InChI is InChI=1S/C10H12O4S.C5H7N3/c11-10(12)6-7-15(13,14)8-9-4-2-1-3-5-9;1-4-2-3-7-5(6)8-4/h1-5H,6-8H2,(H,11,12);2-3H,1H3,(H2,6,7,8). The fourth-order valence-corrected chi connectivity index (χ4v) is 2.94. The molecule has 0 aliphatic carbocycles. The smallest absolute Gasteiger partial charge is 0.304 e. The molecule has 23 heavy (non-hydrogen) atoms. The van der Waals surface area contributed by atoms with Gasteiger partial charge in [-0.05, 0) is 18.6 Å². The number of aliphatic carboxylic acids is 1. The molecule has 1 aromatic carbocycles. The quantitative estimate of drug-likeness (QED) is 0.846. The van der Waals surface area contributed by atoms with Crippen LogP contribution in [0, 0.1) is 6.92 Å². The summed E-state index contributed by atoms with van der Waals surface area (Å²) in [6, 6.07) is 10.5. The first-order valence-corrected chi connectivity index (χ1v) is 8.62. The summed E-state index contributed by atoms with van der Waals surface area (Å²) in [4.78, 5) is 17.8. The van der Waals surface area contributed by atoms with E-state index in [0.29, 0.717) is 11.5 Å². The van der Waals surface area contributed by atoms with E-state index in [2.05, 4.69) is 9.97 Å². The van der Waals surface area contributed by atoms with E-state index < -0.39 is 15.8 Å². The predicted molar refractivity (Wildman–Crippen MR) is 87.4 cm³/mol. The van der Waals surface area contributed by atoms with Gasteiger partial charge in [-0.15, -0.1) is 0 Å². The first kappa shape index (κ1) is 18.6. The van der Waals surface area contributed by atoms with Crippen LogP contribution in [0.4, 0.5) is 5.95 Å². The second-order valence-corrected chi connectivity index (χ2v) is 6.96. The molecule has 0 unspecified atom stereocenters. The minimum Gasteiger partial charge on any atom is -0.481 e. The van der Waals surface area contributed by atoms with E-state index >= 15 is 0 Å². The fraction of sp³-hybridized carbons (Fsp3) is 0.267. The summed E-state index contributed by atoms with van der Waals surface area (Å²) in [5.74, 6) is -1.16. The summed E-state index contributed by atoms with van der Waals surface area (Å²) in [5, 5.41) is 8.38. The number of carboxylic acid groups (broad SMARTS) is 1. The Balaban J connectivity index is 0.000000277. The number of rotatable bonds is 5. The molecule has 2 rings (SSSR count). The fourth-order valence-electron chi connectivity index (χ4n) is 1.61. The number of hydrogen-bond donors (Lipinski definition) is 2. The number of carbonyl (C=O) groups is 1. The van der Waals surface area contributed by atoms with Crippen LogP contribution in [0.1, 0.15) is 17.7 Å². The van der Waals surface area contributed by atoms with Crippen LogP contribution in [-0.2, 0) is 20.4 Å². The zero-order chi connectivity index (χ0) is 17.3. The van der Waals surface area contributed by atoms with Crippen molar-refractivity contribution >= 4 is 21.8 Å². The normalized spacial score (nSPS) is 10.5. The van der Waals surface area contributed by atoms with Gasteiger partial charge in [0.1, 0.15) is 0 Å². The molecule has 0 amide bonds. The number of hydrogen-bond acceptors (Lipinski definition) is 6. The van der Waals surface area contributed by atoms with Gasteiger partial charge in [0.15, 0.2) is 9.84 Å².